The summed E-state index contributed by atoms with van der Waals surface area (Å²) in [5, 5.41) is 11.5. The van der Waals surface area contributed by atoms with Crippen molar-refractivity contribution >= 4 is 44.7 Å². The van der Waals surface area contributed by atoms with Crippen molar-refractivity contribution < 1.29 is 9.59 Å². The quantitative estimate of drug-likeness (QED) is 0.442. The smallest absolute Gasteiger partial charge is 0.232 e. The van der Waals surface area contributed by atoms with Crippen molar-refractivity contribution in [1.29, 1.82) is 0 Å². The summed E-state index contributed by atoms with van der Waals surface area (Å²) in [7, 11) is 0. The molecule has 0 spiro atoms. The maximum atomic E-state index is 13.4. The molecule has 2 aromatic rings. The molecule has 2 aromatic carbocycles. The van der Waals surface area contributed by atoms with Gasteiger partial charge in [-0.1, -0.05) is 54.9 Å². The van der Waals surface area contributed by atoms with Crippen molar-refractivity contribution in [3.63, 3.8) is 0 Å². The zero-order chi connectivity index (χ0) is 20.9. The number of nitrogens with zero attached hydrogens (tertiary/aromatic N) is 2. The molecule has 150 valence electrons. The SMILES string of the molecule is CC12CCC(C(=O)Nc3ccc(N=Nc4ccccc4)cc3)(C(Br)C1=O)C2(C)C. The van der Waals surface area contributed by atoms with Gasteiger partial charge in [0, 0.05) is 11.1 Å². The average Bonchev–Trinajstić information content (AvgIpc) is 2.99. The lowest BCUT2D eigenvalue weighted by Crippen LogP contribution is -2.47. The molecular formula is C23H24BrN3O2. The van der Waals surface area contributed by atoms with Gasteiger partial charge in [0.05, 0.1) is 21.6 Å². The molecule has 1 amide bonds. The summed E-state index contributed by atoms with van der Waals surface area (Å²) in [4.78, 5) is 25.8. The Kier molecular flexibility index (Phi) is 4.73. The number of rotatable bonds is 4. The number of ketones is 1. The predicted octanol–water partition coefficient (Wildman–Crippen LogP) is 6.20. The van der Waals surface area contributed by atoms with Crippen molar-refractivity contribution in [3.8, 4) is 0 Å². The Bertz CT molecular complexity index is 987. The first-order valence-electron chi connectivity index (χ1n) is 9.79. The lowest BCUT2D eigenvalue weighted by Gasteiger charge is -2.39. The molecule has 1 N–H and O–H groups in total. The van der Waals surface area contributed by atoms with E-state index in [1.807, 2.05) is 75.4 Å². The summed E-state index contributed by atoms with van der Waals surface area (Å²) in [5.74, 6) is 0.0400. The molecule has 2 aliphatic rings. The van der Waals surface area contributed by atoms with Crippen molar-refractivity contribution in [2.75, 3.05) is 5.32 Å². The van der Waals surface area contributed by atoms with Gasteiger partial charge in [0.2, 0.25) is 5.91 Å². The van der Waals surface area contributed by atoms with E-state index in [2.05, 4.69) is 31.5 Å². The van der Waals surface area contributed by atoms with Crippen LogP contribution in [0, 0.1) is 16.2 Å². The van der Waals surface area contributed by atoms with Crippen LogP contribution in [0.4, 0.5) is 17.1 Å². The first-order chi connectivity index (χ1) is 13.7. The first kappa shape index (κ1) is 20.0. The molecule has 2 fully saturated rings. The Labute approximate surface area is 179 Å². The minimum atomic E-state index is -0.746. The fourth-order valence-corrected chi connectivity index (χ4v) is 6.43. The zero-order valence-corrected chi connectivity index (χ0v) is 18.4. The number of fused-ring (bicyclic) bond motifs is 2. The Morgan fingerprint density at radius 3 is 2.10 bits per heavy atom. The molecule has 4 rings (SSSR count). The third-order valence-corrected chi connectivity index (χ3v) is 8.49. The third kappa shape index (κ3) is 2.80. The van der Waals surface area contributed by atoms with Crippen LogP contribution in [0.25, 0.3) is 0 Å². The highest BCUT2D eigenvalue weighted by molar-refractivity contribution is 9.10. The number of anilines is 1. The summed E-state index contributed by atoms with van der Waals surface area (Å²) >= 11 is 3.56. The Hall–Kier alpha value is -2.34. The van der Waals surface area contributed by atoms with Crippen molar-refractivity contribution in [2.24, 2.45) is 26.5 Å². The largest absolute Gasteiger partial charge is 0.326 e. The van der Waals surface area contributed by atoms with Crippen LogP contribution < -0.4 is 5.32 Å². The van der Waals surface area contributed by atoms with Crippen LogP contribution in [-0.2, 0) is 9.59 Å². The monoisotopic (exact) mass is 453 g/mol. The van der Waals surface area contributed by atoms with Gasteiger partial charge in [0.25, 0.3) is 0 Å². The minimum Gasteiger partial charge on any atom is -0.326 e. The van der Waals surface area contributed by atoms with Crippen LogP contribution in [0.15, 0.2) is 64.8 Å². The summed E-state index contributed by atoms with van der Waals surface area (Å²) in [6.45, 7) is 6.09. The Morgan fingerprint density at radius 2 is 1.55 bits per heavy atom. The lowest BCUT2D eigenvalue weighted by atomic mass is 9.64. The highest BCUT2D eigenvalue weighted by Crippen LogP contribution is 2.72. The second kappa shape index (κ2) is 6.87. The van der Waals surface area contributed by atoms with E-state index in [1.165, 1.54) is 0 Å². The highest BCUT2D eigenvalue weighted by atomic mass is 79.9. The van der Waals surface area contributed by atoms with Gasteiger partial charge in [-0.2, -0.15) is 10.2 Å². The molecule has 29 heavy (non-hydrogen) atoms. The van der Waals surface area contributed by atoms with Gasteiger partial charge >= 0.3 is 0 Å². The summed E-state index contributed by atoms with van der Waals surface area (Å²) in [6.07, 6.45) is 1.44. The summed E-state index contributed by atoms with van der Waals surface area (Å²) in [6, 6.07) is 16.8. The number of hydrogen-bond acceptors (Lipinski definition) is 4. The number of benzene rings is 2. The van der Waals surface area contributed by atoms with Gasteiger partial charge < -0.3 is 5.32 Å². The number of carbonyl (C=O) groups is 2. The fraction of sp³-hybridized carbons (Fsp3) is 0.391. The molecule has 3 atom stereocenters. The summed E-state index contributed by atoms with van der Waals surface area (Å²) < 4.78 is 0. The zero-order valence-electron chi connectivity index (χ0n) is 16.8. The van der Waals surface area contributed by atoms with Gasteiger partial charge in [-0.05, 0) is 54.7 Å². The van der Waals surface area contributed by atoms with Crippen LogP contribution in [0.3, 0.4) is 0 Å². The van der Waals surface area contributed by atoms with E-state index in [-0.39, 0.29) is 11.7 Å². The number of azo groups is 1. The normalized spacial score (nSPS) is 30.1. The number of hydrogen-bond donors (Lipinski definition) is 1. The van der Waals surface area contributed by atoms with Crippen LogP contribution >= 0.6 is 15.9 Å². The average molecular weight is 454 g/mol. The van der Waals surface area contributed by atoms with Gasteiger partial charge in [0.15, 0.2) is 5.78 Å². The number of nitrogens with one attached hydrogen (secondary N) is 1. The van der Waals surface area contributed by atoms with Gasteiger partial charge in [-0.15, -0.1) is 0 Å². The number of halogens is 1. The number of alkyl halides is 1. The van der Waals surface area contributed by atoms with E-state index in [1.54, 1.807) is 0 Å². The van der Waals surface area contributed by atoms with E-state index in [4.69, 9.17) is 0 Å². The molecule has 0 saturated heterocycles. The fourth-order valence-electron chi connectivity index (χ4n) is 4.92. The molecule has 2 aliphatic carbocycles. The Balaban J connectivity index is 1.52. The topological polar surface area (TPSA) is 70.9 Å². The van der Waals surface area contributed by atoms with Crippen molar-refractivity contribution in [3.05, 3.63) is 54.6 Å². The molecule has 0 heterocycles. The first-order valence-corrected chi connectivity index (χ1v) is 10.7. The molecule has 5 nitrogen and oxygen atoms in total. The van der Waals surface area contributed by atoms with Crippen molar-refractivity contribution in [2.45, 2.75) is 38.4 Å². The minimum absolute atomic E-state index is 0.0994. The predicted molar refractivity (Wildman–Crippen MR) is 117 cm³/mol. The number of amides is 1. The standard InChI is InChI=1S/C23H24BrN3O2/c1-21(2)22(3)13-14-23(21,18(24)19(22)28)20(29)25-15-9-11-17(12-10-15)27-26-16-7-5-4-6-8-16/h4-12,18H,13-14H2,1-3H3,(H,25,29). The number of Topliss-reactive ketones (excluding diaryl/α,β-unsaturated/α-hetero) is 1. The molecule has 0 aromatic heterocycles. The van der Waals surface area contributed by atoms with Crippen LogP contribution in [0.1, 0.15) is 33.6 Å². The molecule has 0 radical (unpaired) electrons. The summed E-state index contributed by atoms with van der Waals surface area (Å²) in [5.41, 5.74) is 0.536. The molecule has 6 heteroatoms. The maximum absolute atomic E-state index is 13.4. The van der Waals surface area contributed by atoms with Crippen molar-refractivity contribution in [1.82, 2.24) is 0 Å². The third-order valence-electron chi connectivity index (χ3n) is 7.29. The van der Waals surface area contributed by atoms with Gasteiger partial charge in [-0.3, -0.25) is 9.59 Å². The van der Waals surface area contributed by atoms with E-state index < -0.39 is 21.1 Å². The molecule has 0 aliphatic heterocycles. The molecule has 3 unspecified atom stereocenters. The van der Waals surface area contributed by atoms with Crippen LogP contribution in [-0.4, -0.2) is 16.5 Å². The highest BCUT2D eigenvalue weighted by Gasteiger charge is 2.76. The molecule has 2 saturated carbocycles. The molecular weight excluding hydrogens is 430 g/mol. The second-order valence-corrected chi connectivity index (χ2v) is 9.61. The van der Waals surface area contributed by atoms with E-state index in [9.17, 15) is 9.59 Å². The van der Waals surface area contributed by atoms with Crippen LogP contribution in [0.2, 0.25) is 0 Å². The second-order valence-electron chi connectivity index (χ2n) is 8.69. The van der Waals surface area contributed by atoms with E-state index in [0.29, 0.717) is 17.8 Å². The van der Waals surface area contributed by atoms with Gasteiger partial charge in [0.1, 0.15) is 0 Å². The molecule has 2 bridgehead atoms. The van der Waals surface area contributed by atoms with Gasteiger partial charge in [-0.25, -0.2) is 0 Å². The van der Waals surface area contributed by atoms with E-state index in [0.717, 1.165) is 12.1 Å². The lowest BCUT2D eigenvalue weighted by molar-refractivity contribution is -0.130. The van der Waals surface area contributed by atoms with E-state index >= 15 is 0 Å². The van der Waals surface area contributed by atoms with Crippen LogP contribution in [0.5, 0.6) is 0 Å². The maximum Gasteiger partial charge on any atom is 0.232 e. The Morgan fingerprint density at radius 1 is 0.966 bits per heavy atom. The number of carbonyl (C=O) groups excluding carboxylic acids is 2.